The van der Waals surface area contributed by atoms with Crippen molar-refractivity contribution in [3.8, 4) is 33.5 Å². The van der Waals surface area contributed by atoms with Gasteiger partial charge in [0.1, 0.15) is 11.3 Å². The highest BCUT2D eigenvalue weighted by Crippen LogP contribution is 2.44. The van der Waals surface area contributed by atoms with Gasteiger partial charge < -0.3 is 8.98 Å². The van der Waals surface area contributed by atoms with Crippen molar-refractivity contribution < 1.29 is 8.98 Å². The van der Waals surface area contributed by atoms with Gasteiger partial charge >= 0.3 is 0 Å². The highest BCUT2D eigenvalue weighted by molar-refractivity contribution is 7.85. The zero-order chi connectivity index (χ0) is 32.8. The van der Waals surface area contributed by atoms with E-state index in [4.69, 9.17) is 9.40 Å². The fourth-order valence-corrected chi connectivity index (χ4v) is 9.64. The van der Waals surface area contributed by atoms with E-state index in [9.17, 15) is 0 Å². The van der Waals surface area contributed by atoms with E-state index in [0.29, 0.717) is 0 Å². The van der Waals surface area contributed by atoms with E-state index < -0.39 is 7.14 Å². The monoisotopic (exact) mass is 647 g/mol. The summed E-state index contributed by atoms with van der Waals surface area (Å²) in [6, 6.07) is 61.3. The number of furan rings is 1. The molecule has 0 atom stereocenters. The second kappa shape index (κ2) is 11.9. The van der Waals surface area contributed by atoms with Crippen LogP contribution in [0.1, 0.15) is 0 Å². The SMILES string of the molecule is O=P(c1ccccc1)(c1ccccc1)c1cccc(-c2cccc(-c3ccc4c(c3)nc(-c3ccccc3)c3oc5ccccc5c34)c2)c1. The van der Waals surface area contributed by atoms with Crippen LogP contribution in [-0.2, 0) is 4.57 Å². The van der Waals surface area contributed by atoms with Gasteiger partial charge in [0.05, 0.1) is 5.52 Å². The summed E-state index contributed by atoms with van der Waals surface area (Å²) in [4.78, 5) is 5.21. The molecule has 0 bridgehead atoms. The van der Waals surface area contributed by atoms with Crippen LogP contribution in [0.15, 0.2) is 186 Å². The molecular formula is C45H30NO2P. The molecule has 0 aliphatic rings. The van der Waals surface area contributed by atoms with Crippen LogP contribution in [0.2, 0.25) is 0 Å². The molecule has 7 aromatic carbocycles. The Bertz CT molecular complexity index is 2640. The van der Waals surface area contributed by atoms with Crippen molar-refractivity contribution in [3.63, 3.8) is 0 Å². The number of aromatic nitrogens is 1. The van der Waals surface area contributed by atoms with Crippen LogP contribution in [0.3, 0.4) is 0 Å². The number of para-hydroxylation sites is 1. The standard InChI is InChI=1S/C45H30NO2P/c47-49(36-19-6-2-7-20-36,37-21-8-3-9-22-37)38-23-13-18-34(29-38)32-16-12-17-33(28-32)35-26-27-39-41(30-35)46-44(31-14-4-1-5-15-31)45-43(39)40-24-10-11-25-42(40)48-45/h1-30H. The second-order valence-electron chi connectivity index (χ2n) is 12.3. The lowest BCUT2D eigenvalue weighted by atomic mass is 9.97. The number of rotatable bonds is 6. The van der Waals surface area contributed by atoms with Crippen LogP contribution < -0.4 is 15.9 Å². The average molecular weight is 648 g/mol. The first-order chi connectivity index (χ1) is 24.2. The van der Waals surface area contributed by atoms with Crippen LogP contribution in [0.5, 0.6) is 0 Å². The number of fused-ring (bicyclic) bond motifs is 5. The maximum Gasteiger partial charge on any atom is 0.171 e. The molecule has 3 nitrogen and oxygen atoms in total. The highest BCUT2D eigenvalue weighted by atomic mass is 31.2. The molecule has 9 rings (SSSR count). The van der Waals surface area contributed by atoms with Crippen LogP contribution >= 0.6 is 7.14 Å². The lowest BCUT2D eigenvalue weighted by Gasteiger charge is -2.20. The zero-order valence-electron chi connectivity index (χ0n) is 26.5. The summed E-state index contributed by atoms with van der Waals surface area (Å²) in [5, 5.41) is 5.69. The molecule has 0 fully saturated rings. The quantitative estimate of drug-likeness (QED) is 0.169. The predicted octanol–water partition coefficient (Wildman–Crippen LogP) is 10.8. The summed E-state index contributed by atoms with van der Waals surface area (Å²) in [6.07, 6.45) is 0. The van der Waals surface area contributed by atoms with Crippen molar-refractivity contribution in [3.05, 3.63) is 182 Å². The molecule has 0 spiro atoms. The van der Waals surface area contributed by atoms with Crippen LogP contribution in [0.25, 0.3) is 66.4 Å². The largest absolute Gasteiger partial charge is 0.454 e. The van der Waals surface area contributed by atoms with Gasteiger partial charge in [-0.05, 0) is 46.5 Å². The molecule has 0 aliphatic carbocycles. The molecule has 0 aliphatic heterocycles. The predicted molar refractivity (Wildman–Crippen MR) is 205 cm³/mol. The molecule has 49 heavy (non-hydrogen) atoms. The maximum atomic E-state index is 15.1. The van der Waals surface area contributed by atoms with Gasteiger partial charge in [-0.25, -0.2) is 4.98 Å². The number of pyridine rings is 1. The summed E-state index contributed by atoms with van der Waals surface area (Å²) in [5.74, 6) is 0. The van der Waals surface area contributed by atoms with Gasteiger partial charge in [0.25, 0.3) is 0 Å². The number of benzene rings is 7. The molecule has 0 amide bonds. The van der Waals surface area contributed by atoms with E-state index in [2.05, 4.69) is 78.9 Å². The topological polar surface area (TPSA) is 43.1 Å². The first-order valence-electron chi connectivity index (χ1n) is 16.4. The van der Waals surface area contributed by atoms with Gasteiger partial charge in [0.2, 0.25) is 0 Å². The van der Waals surface area contributed by atoms with Gasteiger partial charge in [-0.2, -0.15) is 0 Å². The highest BCUT2D eigenvalue weighted by Gasteiger charge is 2.29. The number of hydrogen-bond acceptors (Lipinski definition) is 3. The Balaban J connectivity index is 1.17. The van der Waals surface area contributed by atoms with Crippen LogP contribution in [0, 0.1) is 0 Å². The Hall–Kier alpha value is -6.02. The minimum absolute atomic E-state index is 0.804. The molecule has 4 heteroatoms. The van der Waals surface area contributed by atoms with Gasteiger partial charge in [0, 0.05) is 37.6 Å². The molecule has 232 valence electrons. The Labute approximate surface area is 284 Å². The average Bonchev–Trinajstić information content (AvgIpc) is 3.58. The van der Waals surface area contributed by atoms with Crippen molar-refractivity contribution in [2.24, 2.45) is 0 Å². The molecule has 0 radical (unpaired) electrons. The Kier molecular flexibility index (Phi) is 7.08. The minimum Gasteiger partial charge on any atom is -0.454 e. The molecule has 0 saturated carbocycles. The van der Waals surface area contributed by atoms with Gasteiger partial charge in [0.15, 0.2) is 12.7 Å². The van der Waals surface area contributed by atoms with E-state index >= 15 is 4.57 Å². The Morgan fingerprint density at radius 2 is 0.959 bits per heavy atom. The van der Waals surface area contributed by atoms with Crippen molar-refractivity contribution in [1.29, 1.82) is 0 Å². The fourth-order valence-electron chi connectivity index (χ4n) is 6.94. The normalized spacial score (nSPS) is 11.8. The van der Waals surface area contributed by atoms with Crippen LogP contribution in [0.4, 0.5) is 0 Å². The van der Waals surface area contributed by atoms with Gasteiger partial charge in [-0.15, -0.1) is 0 Å². The molecule has 2 heterocycles. The van der Waals surface area contributed by atoms with Crippen molar-refractivity contribution in [1.82, 2.24) is 4.98 Å². The van der Waals surface area contributed by atoms with Crippen molar-refractivity contribution in [2.45, 2.75) is 0 Å². The summed E-state index contributed by atoms with van der Waals surface area (Å²) in [5.41, 5.74) is 8.65. The summed E-state index contributed by atoms with van der Waals surface area (Å²) >= 11 is 0. The molecule has 0 N–H and O–H groups in total. The Morgan fingerprint density at radius 1 is 0.429 bits per heavy atom. The Morgan fingerprint density at radius 3 is 1.65 bits per heavy atom. The zero-order valence-corrected chi connectivity index (χ0v) is 27.4. The van der Waals surface area contributed by atoms with Crippen LogP contribution in [-0.4, -0.2) is 4.98 Å². The van der Waals surface area contributed by atoms with Gasteiger partial charge in [-0.1, -0.05) is 158 Å². The molecule has 0 unspecified atom stereocenters. The first-order valence-corrected chi connectivity index (χ1v) is 18.1. The maximum absolute atomic E-state index is 15.1. The second-order valence-corrected chi connectivity index (χ2v) is 15.0. The lowest BCUT2D eigenvalue weighted by Crippen LogP contribution is -2.25. The van der Waals surface area contributed by atoms with E-state index in [1.165, 1.54) is 0 Å². The fraction of sp³-hybridized carbons (Fsp3) is 0. The van der Waals surface area contributed by atoms with Crippen molar-refractivity contribution >= 4 is 55.9 Å². The molecular weight excluding hydrogens is 617 g/mol. The first kappa shape index (κ1) is 29.1. The smallest absolute Gasteiger partial charge is 0.171 e. The van der Waals surface area contributed by atoms with E-state index in [1.54, 1.807) is 0 Å². The third-order valence-corrected chi connectivity index (χ3v) is 12.4. The van der Waals surface area contributed by atoms with E-state index in [0.717, 1.165) is 82.3 Å². The van der Waals surface area contributed by atoms with Gasteiger partial charge in [-0.3, -0.25) is 0 Å². The number of nitrogens with zero attached hydrogens (tertiary/aromatic N) is 1. The summed E-state index contributed by atoms with van der Waals surface area (Å²) in [7, 11) is -3.10. The minimum atomic E-state index is -3.10. The molecule has 0 saturated heterocycles. The van der Waals surface area contributed by atoms with E-state index in [-0.39, 0.29) is 0 Å². The summed E-state index contributed by atoms with van der Waals surface area (Å²) < 4.78 is 21.5. The van der Waals surface area contributed by atoms with E-state index in [1.807, 2.05) is 103 Å². The molecule has 2 aromatic heterocycles. The third kappa shape index (κ3) is 4.99. The number of hydrogen-bond donors (Lipinski definition) is 0. The lowest BCUT2D eigenvalue weighted by molar-refractivity contribution is 0.592. The summed E-state index contributed by atoms with van der Waals surface area (Å²) in [6.45, 7) is 0. The van der Waals surface area contributed by atoms with Crippen molar-refractivity contribution in [2.75, 3.05) is 0 Å². The third-order valence-electron chi connectivity index (χ3n) is 9.34. The molecule has 9 aromatic rings.